The largest absolute Gasteiger partial charge is 0.363 e. The average Bonchev–Trinajstić information content (AvgIpc) is 2.70. The Morgan fingerprint density at radius 1 is 1.47 bits per heavy atom. The molecule has 0 aliphatic rings. The van der Waals surface area contributed by atoms with Gasteiger partial charge >= 0.3 is 0 Å². The molecule has 2 rings (SSSR count). The van der Waals surface area contributed by atoms with Crippen molar-refractivity contribution >= 4 is 17.2 Å². The summed E-state index contributed by atoms with van der Waals surface area (Å²) in [5.41, 5.74) is 0. The van der Waals surface area contributed by atoms with Crippen LogP contribution >= 0.6 is 11.3 Å². The molecule has 2 aromatic rings. The van der Waals surface area contributed by atoms with Crippen LogP contribution in [0.15, 0.2) is 29.9 Å². The molecule has 78 valence electrons. The Balaban J connectivity index is 2.09. The van der Waals surface area contributed by atoms with Gasteiger partial charge in [-0.15, -0.1) is 11.3 Å². The van der Waals surface area contributed by atoms with Crippen LogP contribution in [-0.4, -0.2) is 9.97 Å². The Kier molecular flexibility index (Phi) is 2.91. The fourth-order valence-corrected chi connectivity index (χ4v) is 1.98. The van der Waals surface area contributed by atoms with E-state index in [4.69, 9.17) is 0 Å². The molecule has 0 fully saturated rings. The number of anilines is 1. The van der Waals surface area contributed by atoms with Crippen molar-refractivity contribution in [2.24, 2.45) is 0 Å². The van der Waals surface area contributed by atoms with E-state index in [0.29, 0.717) is 5.82 Å². The van der Waals surface area contributed by atoms with Crippen molar-refractivity contribution in [3.8, 4) is 0 Å². The van der Waals surface area contributed by atoms with Gasteiger partial charge in [-0.05, 0) is 18.4 Å². The Morgan fingerprint density at radius 3 is 3.00 bits per heavy atom. The summed E-state index contributed by atoms with van der Waals surface area (Å²) >= 11 is 1.65. The van der Waals surface area contributed by atoms with Crippen molar-refractivity contribution in [1.82, 2.24) is 9.97 Å². The minimum atomic E-state index is -0.522. The Morgan fingerprint density at radius 2 is 2.33 bits per heavy atom. The first-order valence-corrected chi connectivity index (χ1v) is 5.41. The Bertz CT molecular complexity index is 430. The molecular formula is C10H10FN3S. The van der Waals surface area contributed by atoms with Gasteiger partial charge in [-0.25, -0.2) is 9.97 Å². The van der Waals surface area contributed by atoms with Gasteiger partial charge in [0.15, 0.2) is 0 Å². The van der Waals surface area contributed by atoms with Gasteiger partial charge in [0.2, 0.25) is 5.95 Å². The third-order valence-corrected chi connectivity index (χ3v) is 3.02. The highest BCUT2D eigenvalue weighted by Gasteiger charge is 2.07. The summed E-state index contributed by atoms with van der Waals surface area (Å²) < 4.78 is 12.8. The number of rotatable bonds is 3. The number of nitrogens with one attached hydrogen (secondary N) is 1. The number of hydrogen-bond acceptors (Lipinski definition) is 4. The van der Waals surface area contributed by atoms with Crippen LogP contribution in [-0.2, 0) is 0 Å². The lowest BCUT2D eigenvalue weighted by atomic mass is 10.3. The van der Waals surface area contributed by atoms with Gasteiger partial charge in [0.1, 0.15) is 12.1 Å². The number of nitrogens with zero attached hydrogens (tertiary/aromatic N) is 2. The molecule has 5 heteroatoms. The molecule has 0 aliphatic heterocycles. The smallest absolute Gasteiger partial charge is 0.217 e. The molecule has 2 aromatic heterocycles. The predicted octanol–water partition coefficient (Wildman–Crippen LogP) is 2.85. The van der Waals surface area contributed by atoms with E-state index in [-0.39, 0.29) is 6.04 Å². The summed E-state index contributed by atoms with van der Waals surface area (Å²) in [6.45, 7) is 2.01. The van der Waals surface area contributed by atoms with E-state index in [1.54, 1.807) is 11.3 Å². The first-order valence-electron chi connectivity index (χ1n) is 4.53. The van der Waals surface area contributed by atoms with E-state index in [1.807, 2.05) is 24.4 Å². The molecule has 1 atom stereocenters. The first-order chi connectivity index (χ1) is 7.25. The lowest BCUT2D eigenvalue weighted by Gasteiger charge is -2.12. The van der Waals surface area contributed by atoms with Crippen LogP contribution in [0.1, 0.15) is 17.8 Å². The lowest BCUT2D eigenvalue weighted by Crippen LogP contribution is -2.06. The summed E-state index contributed by atoms with van der Waals surface area (Å²) in [4.78, 5) is 8.52. The van der Waals surface area contributed by atoms with Crippen LogP contribution < -0.4 is 5.32 Å². The number of halogens is 1. The molecule has 2 heterocycles. The predicted molar refractivity (Wildman–Crippen MR) is 58.3 cm³/mol. The third kappa shape index (κ3) is 2.50. The van der Waals surface area contributed by atoms with Crippen LogP contribution in [0.25, 0.3) is 0 Å². The molecule has 1 N–H and O–H groups in total. The summed E-state index contributed by atoms with van der Waals surface area (Å²) in [5.74, 6) is -0.0192. The summed E-state index contributed by atoms with van der Waals surface area (Å²) in [6.07, 6.45) is 1.21. The van der Waals surface area contributed by atoms with E-state index >= 15 is 0 Å². The normalized spacial score (nSPS) is 12.4. The Labute approximate surface area is 91.0 Å². The molecule has 0 amide bonds. The first kappa shape index (κ1) is 10.0. The van der Waals surface area contributed by atoms with E-state index in [0.717, 1.165) is 0 Å². The van der Waals surface area contributed by atoms with Gasteiger partial charge in [-0.1, -0.05) is 6.07 Å². The summed E-state index contributed by atoms with van der Waals surface area (Å²) in [6, 6.07) is 5.42. The second-order valence-corrected chi connectivity index (χ2v) is 4.09. The standard InChI is InChI=1S/C10H10FN3S/c1-7(8-3-2-4-15-8)14-10-5-9(11)12-6-13-10/h2-7H,1H3,(H,12,13,14). The second kappa shape index (κ2) is 4.35. The maximum absolute atomic E-state index is 12.8. The van der Waals surface area contributed by atoms with Crippen LogP contribution in [0.5, 0.6) is 0 Å². The van der Waals surface area contributed by atoms with Crippen molar-refractivity contribution in [1.29, 1.82) is 0 Å². The zero-order chi connectivity index (χ0) is 10.7. The van der Waals surface area contributed by atoms with Crippen molar-refractivity contribution in [2.75, 3.05) is 5.32 Å². The average molecular weight is 223 g/mol. The molecule has 15 heavy (non-hydrogen) atoms. The van der Waals surface area contributed by atoms with E-state index in [9.17, 15) is 4.39 Å². The van der Waals surface area contributed by atoms with Crippen molar-refractivity contribution < 1.29 is 4.39 Å². The van der Waals surface area contributed by atoms with Crippen LogP contribution in [0.4, 0.5) is 10.2 Å². The Hall–Kier alpha value is -1.49. The second-order valence-electron chi connectivity index (χ2n) is 3.11. The molecule has 0 spiro atoms. The molecule has 0 saturated heterocycles. The van der Waals surface area contributed by atoms with E-state index < -0.39 is 5.95 Å². The topological polar surface area (TPSA) is 37.8 Å². The van der Waals surface area contributed by atoms with Crippen LogP contribution in [0, 0.1) is 5.95 Å². The van der Waals surface area contributed by atoms with Gasteiger partial charge in [0.05, 0.1) is 6.04 Å². The third-order valence-electron chi connectivity index (χ3n) is 1.97. The molecule has 0 radical (unpaired) electrons. The maximum atomic E-state index is 12.8. The fraction of sp³-hybridized carbons (Fsp3) is 0.200. The minimum Gasteiger partial charge on any atom is -0.363 e. The SMILES string of the molecule is CC(Nc1cc(F)ncn1)c1cccs1. The fourth-order valence-electron chi connectivity index (χ4n) is 1.24. The van der Waals surface area contributed by atoms with Gasteiger partial charge < -0.3 is 5.32 Å². The highest BCUT2D eigenvalue weighted by Crippen LogP contribution is 2.21. The zero-order valence-electron chi connectivity index (χ0n) is 8.14. The molecule has 3 nitrogen and oxygen atoms in total. The lowest BCUT2D eigenvalue weighted by molar-refractivity contribution is 0.579. The molecule has 0 bridgehead atoms. The zero-order valence-corrected chi connectivity index (χ0v) is 8.96. The molecule has 0 saturated carbocycles. The van der Waals surface area contributed by atoms with Gasteiger partial charge in [0, 0.05) is 10.9 Å². The van der Waals surface area contributed by atoms with Crippen molar-refractivity contribution in [3.05, 3.63) is 40.7 Å². The molecule has 0 aromatic carbocycles. The minimum absolute atomic E-state index is 0.124. The summed E-state index contributed by atoms with van der Waals surface area (Å²) in [5, 5.41) is 5.11. The van der Waals surface area contributed by atoms with Crippen LogP contribution in [0.2, 0.25) is 0 Å². The molecular weight excluding hydrogens is 213 g/mol. The monoisotopic (exact) mass is 223 g/mol. The highest BCUT2D eigenvalue weighted by molar-refractivity contribution is 7.10. The highest BCUT2D eigenvalue weighted by atomic mass is 32.1. The molecule has 0 aliphatic carbocycles. The maximum Gasteiger partial charge on any atom is 0.217 e. The van der Waals surface area contributed by atoms with Gasteiger partial charge in [-0.2, -0.15) is 4.39 Å². The molecule has 1 unspecified atom stereocenters. The number of thiophene rings is 1. The van der Waals surface area contributed by atoms with Gasteiger partial charge in [-0.3, -0.25) is 0 Å². The van der Waals surface area contributed by atoms with Crippen molar-refractivity contribution in [3.63, 3.8) is 0 Å². The quantitative estimate of drug-likeness (QED) is 0.813. The van der Waals surface area contributed by atoms with E-state index in [2.05, 4.69) is 15.3 Å². The number of hydrogen-bond donors (Lipinski definition) is 1. The van der Waals surface area contributed by atoms with Gasteiger partial charge in [0.25, 0.3) is 0 Å². The summed E-state index contributed by atoms with van der Waals surface area (Å²) in [7, 11) is 0. The van der Waals surface area contributed by atoms with E-state index in [1.165, 1.54) is 17.3 Å². The van der Waals surface area contributed by atoms with Crippen molar-refractivity contribution in [2.45, 2.75) is 13.0 Å². The van der Waals surface area contributed by atoms with Crippen LogP contribution in [0.3, 0.4) is 0 Å². The number of aromatic nitrogens is 2.